The Kier molecular flexibility index (Phi) is 9.90. The highest BCUT2D eigenvalue weighted by Crippen LogP contribution is 2.32. The summed E-state index contributed by atoms with van der Waals surface area (Å²) in [6.45, 7) is 3.07. The van der Waals surface area contributed by atoms with Crippen LogP contribution in [0, 0.1) is 11.8 Å². The molecule has 196 valence electrons. The number of carbonyl (C=O) groups is 2. The number of hydrogen-bond donors (Lipinski definition) is 1. The van der Waals surface area contributed by atoms with Crippen molar-refractivity contribution in [1.82, 2.24) is 14.3 Å². The summed E-state index contributed by atoms with van der Waals surface area (Å²) in [6.07, 6.45) is 4.75. The predicted octanol–water partition coefficient (Wildman–Crippen LogP) is 2.33. The van der Waals surface area contributed by atoms with Gasteiger partial charge in [-0.15, -0.1) is 0 Å². The minimum absolute atomic E-state index is 0.0302. The minimum Gasteiger partial charge on any atom is -0.497 e. The normalized spacial score (nSPS) is 18.0. The van der Waals surface area contributed by atoms with Crippen LogP contribution in [-0.4, -0.2) is 86.3 Å². The number of ether oxygens (including phenoxy) is 2. The van der Waals surface area contributed by atoms with Crippen molar-refractivity contribution in [3.8, 4) is 5.75 Å². The summed E-state index contributed by atoms with van der Waals surface area (Å²) in [4.78, 5) is 27.9. The van der Waals surface area contributed by atoms with Gasteiger partial charge >= 0.3 is 0 Å². The van der Waals surface area contributed by atoms with Crippen molar-refractivity contribution in [3.05, 3.63) is 24.3 Å². The zero-order chi connectivity index (χ0) is 25.4. The number of sulfonamides is 1. The van der Waals surface area contributed by atoms with Gasteiger partial charge in [-0.1, -0.05) is 32.6 Å². The summed E-state index contributed by atoms with van der Waals surface area (Å²) in [5.41, 5.74) is 0. The van der Waals surface area contributed by atoms with Crippen molar-refractivity contribution in [2.45, 2.75) is 50.3 Å². The second-order valence-corrected chi connectivity index (χ2v) is 11.0. The molecule has 1 aromatic rings. The van der Waals surface area contributed by atoms with Crippen molar-refractivity contribution >= 4 is 21.8 Å². The van der Waals surface area contributed by atoms with Crippen LogP contribution >= 0.6 is 0 Å². The Bertz CT molecular complexity index is 942. The van der Waals surface area contributed by atoms with E-state index in [-0.39, 0.29) is 23.8 Å². The molecule has 0 aromatic heterocycles. The zero-order valence-corrected chi connectivity index (χ0v) is 21.4. The quantitative estimate of drug-likeness (QED) is 0.275. The molecule has 0 radical (unpaired) electrons. The van der Waals surface area contributed by atoms with E-state index in [0.717, 1.165) is 30.0 Å². The van der Waals surface area contributed by atoms with Crippen LogP contribution in [0.15, 0.2) is 29.2 Å². The molecule has 1 saturated carbocycles. The molecule has 2 aliphatic rings. The van der Waals surface area contributed by atoms with Crippen LogP contribution in [0.25, 0.3) is 0 Å². The van der Waals surface area contributed by atoms with E-state index in [0.29, 0.717) is 49.5 Å². The number of carbonyl (C=O) groups excluding carboxylic acids is 2. The van der Waals surface area contributed by atoms with Gasteiger partial charge in [0.2, 0.25) is 21.8 Å². The number of hydroxylamine groups is 2. The molecular formula is C24H37N3O7S. The average molecular weight is 512 g/mol. The molecule has 3 rings (SSSR count). The first-order valence-corrected chi connectivity index (χ1v) is 13.7. The lowest BCUT2D eigenvalue weighted by Crippen LogP contribution is -2.46. The molecule has 1 N–H and O–H groups in total. The number of amides is 2. The van der Waals surface area contributed by atoms with E-state index in [1.807, 2.05) is 0 Å². The number of hydrogen-bond acceptors (Lipinski definition) is 7. The molecule has 2 amide bonds. The molecule has 1 aliphatic carbocycles. The van der Waals surface area contributed by atoms with Crippen LogP contribution in [0.5, 0.6) is 5.75 Å². The largest absolute Gasteiger partial charge is 0.497 e. The molecule has 1 atom stereocenters. The smallest absolute Gasteiger partial charge is 0.247 e. The summed E-state index contributed by atoms with van der Waals surface area (Å²) in [7, 11) is -2.46. The molecule has 1 aromatic carbocycles. The van der Waals surface area contributed by atoms with Crippen molar-refractivity contribution in [1.29, 1.82) is 0 Å². The third kappa shape index (κ3) is 7.16. The number of benzene rings is 1. The highest BCUT2D eigenvalue weighted by Gasteiger charge is 2.33. The van der Waals surface area contributed by atoms with Crippen LogP contribution in [0.1, 0.15) is 45.4 Å². The Morgan fingerprint density at radius 2 is 1.80 bits per heavy atom. The lowest BCUT2D eigenvalue weighted by molar-refractivity contribution is -0.173. The molecule has 2 fully saturated rings. The first-order valence-electron chi connectivity index (χ1n) is 12.3. The molecule has 35 heavy (non-hydrogen) atoms. The maximum atomic E-state index is 13.2. The third-order valence-corrected chi connectivity index (χ3v) is 8.74. The molecule has 0 spiro atoms. The van der Waals surface area contributed by atoms with Gasteiger partial charge in [-0.3, -0.25) is 14.8 Å². The summed E-state index contributed by atoms with van der Waals surface area (Å²) in [5, 5.41) is 10.9. The van der Waals surface area contributed by atoms with Crippen LogP contribution in [0.2, 0.25) is 0 Å². The molecule has 0 unspecified atom stereocenters. The standard InChI is InChI=1S/C24H37N3O7S/c1-3-26(35(31,32)22-10-8-21(33-2)9-11-22)18-27(30)23(28)17-20(16-19-6-4-5-7-19)24(29)25-12-14-34-15-13-25/h8-11,19-20,30H,3-7,12-18H2,1-2H3/t20-/m1/s1. The summed E-state index contributed by atoms with van der Waals surface area (Å²) in [5.74, 6) is -0.415. The van der Waals surface area contributed by atoms with Crippen LogP contribution < -0.4 is 4.74 Å². The summed E-state index contributed by atoms with van der Waals surface area (Å²) < 4.78 is 37.5. The van der Waals surface area contributed by atoms with Crippen molar-refractivity contribution in [3.63, 3.8) is 0 Å². The van der Waals surface area contributed by atoms with E-state index >= 15 is 0 Å². The van der Waals surface area contributed by atoms with E-state index in [4.69, 9.17) is 9.47 Å². The number of morpholine rings is 1. The molecule has 0 bridgehead atoms. The highest BCUT2D eigenvalue weighted by molar-refractivity contribution is 7.89. The Hall–Kier alpha value is -2.21. The molecule has 1 heterocycles. The number of nitrogens with zero attached hydrogens (tertiary/aromatic N) is 3. The highest BCUT2D eigenvalue weighted by atomic mass is 32.2. The molecule has 1 saturated heterocycles. The van der Waals surface area contributed by atoms with Gasteiger partial charge in [0.25, 0.3) is 0 Å². The van der Waals surface area contributed by atoms with Gasteiger partial charge < -0.3 is 14.4 Å². The maximum Gasteiger partial charge on any atom is 0.247 e. The van der Waals surface area contributed by atoms with Crippen LogP contribution in [-0.2, 0) is 24.3 Å². The van der Waals surface area contributed by atoms with E-state index in [2.05, 4.69) is 0 Å². The lowest BCUT2D eigenvalue weighted by atomic mass is 9.89. The molecule has 11 heteroatoms. The molecule has 10 nitrogen and oxygen atoms in total. The van der Waals surface area contributed by atoms with E-state index in [9.17, 15) is 23.2 Å². The first-order chi connectivity index (χ1) is 16.8. The van der Waals surface area contributed by atoms with E-state index in [1.54, 1.807) is 11.8 Å². The second-order valence-electron chi connectivity index (χ2n) is 9.11. The fraction of sp³-hybridized carbons (Fsp3) is 0.667. The van der Waals surface area contributed by atoms with Gasteiger partial charge in [0.15, 0.2) is 0 Å². The second kappa shape index (κ2) is 12.7. The number of rotatable bonds is 11. The minimum atomic E-state index is -3.95. The zero-order valence-electron chi connectivity index (χ0n) is 20.6. The molecular weight excluding hydrogens is 474 g/mol. The van der Waals surface area contributed by atoms with Gasteiger partial charge in [-0.25, -0.2) is 13.5 Å². The Morgan fingerprint density at radius 1 is 1.17 bits per heavy atom. The SMILES string of the molecule is CCN(CN(O)C(=O)C[C@@H](CC1CCCC1)C(=O)N1CCOCC1)S(=O)(=O)c1ccc(OC)cc1. The first kappa shape index (κ1) is 27.4. The summed E-state index contributed by atoms with van der Waals surface area (Å²) in [6, 6.07) is 5.90. The van der Waals surface area contributed by atoms with E-state index in [1.165, 1.54) is 31.4 Å². The van der Waals surface area contributed by atoms with Gasteiger partial charge in [0, 0.05) is 32.0 Å². The van der Waals surface area contributed by atoms with Crippen molar-refractivity contribution < 1.29 is 32.7 Å². The fourth-order valence-electron chi connectivity index (χ4n) is 4.75. The topological polar surface area (TPSA) is 117 Å². The average Bonchev–Trinajstić information content (AvgIpc) is 3.39. The van der Waals surface area contributed by atoms with Gasteiger partial charge in [0.1, 0.15) is 12.4 Å². The maximum absolute atomic E-state index is 13.2. The Balaban J connectivity index is 1.67. The molecule has 1 aliphatic heterocycles. The third-order valence-electron chi connectivity index (χ3n) is 6.82. The van der Waals surface area contributed by atoms with Crippen molar-refractivity contribution in [2.24, 2.45) is 11.8 Å². The Morgan fingerprint density at radius 3 is 2.37 bits per heavy atom. The monoisotopic (exact) mass is 511 g/mol. The number of methoxy groups -OCH3 is 1. The van der Waals surface area contributed by atoms with Gasteiger partial charge in [-0.05, 0) is 36.6 Å². The summed E-state index contributed by atoms with van der Waals surface area (Å²) >= 11 is 0. The van der Waals surface area contributed by atoms with Crippen molar-refractivity contribution in [2.75, 3.05) is 46.6 Å². The van der Waals surface area contributed by atoms with Gasteiger partial charge in [-0.2, -0.15) is 4.31 Å². The van der Waals surface area contributed by atoms with E-state index < -0.39 is 28.5 Å². The van der Waals surface area contributed by atoms with Crippen LogP contribution in [0.3, 0.4) is 0 Å². The lowest BCUT2D eigenvalue weighted by Gasteiger charge is -2.32. The fourth-order valence-corrected chi connectivity index (χ4v) is 6.13. The van der Waals surface area contributed by atoms with Crippen LogP contribution in [0.4, 0.5) is 0 Å². The Labute approximate surface area is 207 Å². The predicted molar refractivity (Wildman–Crippen MR) is 128 cm³/mol. The van der Waals surface area contributed by atoms with Gasteiger partial charge in [0.05, 0.1) is 25.2 Å².